The highest BCUT2D eigenvalue weighted by molar-refractivity contribution is 5.93. The van der Waals surface area contributed by atoms with Crippen molar-refractivity contribution in [2.75, 3.05) is 23.3 Å². The van der Waals surface area contributed by atoms with Gasteiger partial charge in [0, 0.05) is 18.8 Å². The van der Waals surface area contributed by atoms with Gasteiger partial charge in [-0.05, 0) is 37.1 Å². The zero-order valence-electron chi connectivity index (χ0n) is 16.4. The number of benzene rings is 2. The highest BCUT2D eigenvalue weighted by Crippen LogP contribution is 2.27. The van der Waals surface area contributed by atoms with Gasteiger partial charge >= 0.3 is 6.03 Å². The molecule has 0 spiro atoms. The van der Waals surface area contributed by atoms with E-state index in [9.17, 15) is 4.79 Å². The maximum Gasteiger partial charge on any atom is 0.319 e. The largest absolute Gasteiger partial charge is 0.370 e. The Bertz CT molecular complexity index is 931. The van der Waals surface area contributed by atoms with Crippen molar-refractivity contribution in [2.45, 2.75) is 32.2 Å². The van der Waals surface area contributed by atoms with E-state index in [-0.39, 0.29) is 12.6 Å². The maximum atomic E-state index is 12.6. The van der Waals surface area contributed by atoms with Gasteiger partial charge in [0.2, 0.25) is 0 Å². The van der Waals surface area contributed by atoms with Crippen LogP contribution in [0, 0.1) is 0 Å². The summed E-state index contributed by atoms with van der Waals surface area (Å²) in [5.41, 5.74) is 2.87. The number of carbonyl (C=O) groups excluding carboxylic acids is 1. The standard InChI is InChI=1S/C22H26N6O/c29-22(23-16-21-26-24-17-28(21)18-10-4-3-5-11-18)25-19-12-6-7-13-20(19)27-14-8-1-2-9-15-27/h3-7,10-13,17H,1-2,8-9,14-16H2,(H2,23,25,29). The molecule has 2 N–H and O–H groups in total. The van der Waals surface area contributed by atoms with Crippen molar-refractivity contribution in [2.24, 2.45) is 0 Å². The van der Waals surface area contributed by atoms with E-state index in [1.807, 2.05) is 53.1 Å². The van der Waals surface area contributed by atoms with Gasteiger partial charge < -0.3 is 15.5 Å². The van der Waals surface area contributed by atoms with Crippen LogP contribution in [0.25, 0.3) is 5.69 Å². The van der Waals surface area contributed by atoms with Gasteiger partial charge in [-0.3, -0.25) is 4.57 Å². The number of para-hydroxylation sites is 3. The first-order chi connectivity index (χ1) is 14.3. The van der Waals surface area contributed by atoms with Crippen LogP contribution in [0.2, 0.25) is 0 Å². The first-order valence-electron chi connectivity index (χ1n) is 10.1. The van der Waals surface area contributed by atoms with Crippen LogP contribution >= 0.6 is 0 Å². The minimum absolute atomic E-state index is 0.255. The van der Waals surface area contributed by atoms with Crippen LogP contribution in [0.3, 0.4) is 0 Å². The summed E-state index contributed by atoms with van der Waals surface area (Å²) in [5.74, 6) is 0.673. The van der Waals surface area contributed by atoms with E-state index in [1.54, 1.807) is 6.33 Å². The van der Waals surface area contributed by atoms with Gasteiger partial charge in [-0.25, -0.2) is 4.79 Å². The van der Waals surface area contributed by atoms with Crippen molar-refractivity contribution in [3.05, 3.63) is 66.7 Å². The van der Waals surface area contributed by atoms with Crippen molar-refractivity contribution in [3.63, 3.8) is 0 Å². The number of hydrogen-bond donors (Lipinski definition) is 2. The molecule has 7 nitrogen and oxygen atoms in total. The Balaban J connectivity index is 1.41. The molecular formula is C22H26N6O. The number of nitrogens with zero attached hydrogens (tertiary/aromatic N) is 4. The number of amides is 2. The fourth-order valence-corrected chi connectivity index (χ4v) is 3.68. The summed E-state index contributed by atoms with van der Waals surface area (Å²) in [7, 11) is 0. The molecule has 0 unspecified atom stereocenters. The van der Waals surface area contributed by atoms with Gasteiger partial charge in [0.25, 0.3) is 0 Å². The van der Waals surface area contributed by atoms with E-state index >= 15 is 0 Å². The molecule has 4 rings (SSSR count). The summed E-state index contributed by atoms with van der Waals surface area (Å²) in [6, 6.07) is 17.6. The Labute approximate surface area is 170 Å². The SMILES string of the molecule is O=C(NCc1nncn1-c1ccccc1)Nc1ccccc1N1CCCCCC1. The number of anilines is 2. The molecule has 1 saturated heterocycles. The lowest BCUT2D eigenvalue weighted by atomic mass is 10.2. The second-order valence-corrected chi connectivity index (χ2v) is 7.18. The lowest BCUT2D eigenvalue weighted by Gasteiger charge is -2.25. The molecule has 1 aliphatic rings. The minimum Gasteiger partial charge on any atom is -0.370 e. The molecule has 0 aliphatic carbocycles. The fraction of sp³-hybridized carbons (Fsp3) is 0.318. The normalized spacial score (nSPS) is 14.3. The zero-order chi connectivity index (χ0) is 19.9. The average molecular weight is 390 g/mol. The smallest absolute Gasteiger partial charge is 0.319 e. The van der Waals surface area contributed by atoms with Crippen molar-refractivity contribution in [3.8, 4) is 5.69 Å². The molecular weight excluding hydrogens is 364 g/mol. The predicted molar refractivity (Wildman–Crippen MR) is 114 cm³/mol. The molecule has 3 aromatic rings. The highest BCUT2D eigenvalue weighted by atomic mass is 16.2. The van der Waals surface area contributed by atoms with Crippen molar-refractivity contribution < 1.29 is 4.79 Å². The topological polar surface area (TPSA) is 75.1 Å². The Hall–Kier alpha value is -3.35. The third-order valence-corrected chi connectivity index (χ3v) is 5.16. The molecule has 7 heteroatoms. The second kappa shape index (κ2) is 9.23. The van der Waals surface area contributed by atoms with E-state index in [1.165, 1.54) is 25.7 Å². The third-order valence-electron chi connectivity index (χ3n) is 5.16. The van der Waals surface area contributed by atoms with Gasteiger partial charge in [0.15, 0.2) is 5.82 Å². The molecule has 0 saturated carbocycles. The lowest BCUT2D eigenvalue weighted by molar-refractivity contribution is 0.251. The van der Waals surface area contributed by atoms with Crippen molar-refractivity contribution in [1.82, 2.24) is 20.1 Å². The first-order valence-corrected chi connectivity index (χ1v) is 10.1. The summed E-state index contributed by atoms with van der Waals surface area (Å²) < 4.78 is 1.87. The van der Waals surface area contributed by atoms with Gasteiger partial charge in [0.05, 0.1) is 17.9 Å². The van der Waals surface area contributed by atoms with Gasteiger partial charge in [-0.2, -0.15) is 0 Å². The average Bonchev–Trinajstić information content (AvgIpc) is 3.06. The Morgan fingerprint density at radius 3 is 2.45 bits per heavy atom. The van der Waals surface area contributed by atoms with Crippen LogP contribution in [-0.4, -0.2) is 33.9 Å². The summed E-state index contributed by atoms with van der Waals surface area (Å²) >= 11 is 0. The Morgan fingerprint density at radius 2 is 1.66 bits per heavy atom. The molecule has 1 aromatic heterocycles. The first kappa shape index (κ1) is 19.0. The minimum atomic E-state index is -0.255. The number of aromatic nitrogens is 3. The molecule has 1 fully saturated rings. The molecule has 29 heavy (non-hydrogen) atoms. The van der Waals surface area contributed by atoms with E-state index in [2.05, 4.69) is 31.8 Å². The summed E-state index contributed by atoms with van der Waals surface area (Å²) in [5, 5.41) is 14.0. The molecule has 1 aliphatic heterocycles. The molecule has 0 atom stereocenters. The van der Waals surface area contributed by atoms with Crippen LogP contribution < -0.4 is 15.5 Å². The number of urea groups is 1. The monoisotopic (exact) mass is 390 g/mol. The summed E-state index contributed by atoms with van der Waals surface area (Å²) in [4.78, 5) is 14.9. The van der Waals surface area contributed by atoms with E-state index in [4.69, 9.17) is 0 Å². The van der Waals surface area contributed by atoms with E-state index < -0.39 is 0 Å². The van der Waals surface area contributed by atoms with Crippen LogP contribution in [-0.2, 0) is 6.54 Å². The zero-order valence-corrected chi connectivity index (χ0v) is 16.4. The highest BCUT2D eigenvalue weighted by Gasteiger charge is 2.15. The molecule has 2 amide bonds. The second-order valence-electron chi connectivity index (χ2n) is 7.18. The number of hydrogen-bond acceptors (Lipinski definition) is 4. The van der Waals surface area contributed by atoms with E-state index in [0.29, 0.717) is 5.82 Å². The molecule has 2 aromatic carbocycles. The van der Waals surface area contributed by atoms with Crippen molar-refractivity contribution >= 4 is 17.4 Å². The van der Waals surface area contributed by atoms with Gasteiger partial charge in [0.1, 0.15) is 6.33 Å². The van der Waals surface area contributed by atoms with Crippen LogP contribution in [0.1, 0.15) is 31.5 Å². The molecule has 0 radical (unpaired) electrons. The summed E-state index contributed by atoms with van der Waals surface area (Å²) in [6.45, 7) is 2.34. The Kier molecular flexibility index (Phi) is 6.04. The van der Waals surface area contributed by atoms with Crippen LogP contribution in [0.4, 0.5) is 16.2 Å². The van der Waals surface area contributed by atoms with Crippen LogP contribution in [0.5, 0.6) is 0 Å². The third kappa shape index (κ3) is 4.74. The summed E-state index contributed by atoms with van der Waals surface area (Å²) in [6.07, 6.45) is 6.58. The molecule has 0 bridgehead atoms. The number of carbonyl (C=O) groups is 1. The quantitative estimate of drug-likeness (QED) is 0.691. The number of nitrogens with one attached hydrogen (secondary N) is 2. The predicted octanol–water partition coefficient (Wildman–Crippen LogP) is 3.97. The number of rotatable bonds is 5. The fourth-order valence-electron chi connectivity index (χ4n) is 3.68. The van der Waals surface area contributed by atoms with Gasteiger partial charge in [-0.1, -0.05) is 43.2 Å². The maximum absolute atomic E-state index is 12.6. The Morgan fingerprint density at radius 1 is 0.931 bits per heavy atom. The molecule has 2 heterocycles. The molecule has 150 valence electrons. The van der Waals surface area contributed by atoms with Crippen molar-refractivity contribution in [1.29, 1.82) is 0 Å². The van der Waals surface area contributed by atoms with Crippen LogP contribution in [0.15, 0.2) is 60.9 Å². The van der Waals surface area contributed by atoms with Gasteiger partial charge in [-0.15, -0.1) is 10.2 Å². The lowest BCUT2D eigenvalue weighted by Crippen LogP contribution is -2.31. The van der Waals surface area contributed by atoms with E-state index in [0.717, 1.165) is 30.2 Å².